The number of amides is 2. The van der Waals surface area contributed by atoms with E-state index in [2.05, 4.69) is 10.1 Å². The second kappa shape index (κ2) is 6.55. The van der Waals surface area contributed by atoms with Crippen molar-refractivity contribution < 1.29 is 14.0 Å². The lowest BCUT2D eigenvalue weighted by Gasteiger charge is -1.99. The SMILES string of the molecule is NC(=O)c1nn(-c2ccccc2F)sc1=NC(=O)c1ccccc1. The lowest BCUT2D eigenvalue weighted by molar-refractivity contribution is 0.0994. The molecule has 0 fully saturated rings. The molecule has 120 valence electrons. The fourth-order valence-corrected chi connectivity index (χ4v) is 2.84. The molecule has 1 heterocycles. The number of carbonyl (C=O) groups is 2. The molecular formula is C16H11FN4O2S. The highest BCUT2D eigenvalue weighted by Crippen LogP contribution is 2.13. The Kier molecular flexibility index (Phi) is 4.30. The molecular weight excluding hydrogens is 331 g/mol. The third-order valence-electron chi connectivity index (χ3n) is 3.08. The highest BCUT2D eigenvalue weighted by molar-refractivity contribution is 7.04. The molecule has 0 aliphatic rings. The Morgan fingerprint density at radius 3 is 2.42 bits per heavy atom. The van der Waals surface area contributed by atoms with Gasteiger partial charge in [0.25, 0.3) is 11.8 Å². The molecule has 2 N–H and O–H groups in total. The lowest BCUT2D eigenvalue weighted by atomic mass is 10.2. The van der Waals surface area contributed by atoms with Crippen molar-refractivity contribution in [2.45, 2.75) is 0 Å². The summed E-state index contributed by atoms with van der Waals surface area (Å²) in [4.78, 5) is 27.6. The number of primary amides is 1. The van der Waals surface area contributed by atoms with Crippen LogP contribution in [0, 0.1) is 5.82 Å². The quantitative estimate of drug-likeness (QED) is 0.788. The summed E-state index contributed by atoms with van der Waals surface area (Å²) >= 11 is 0.855. The molecule has 3 rings (SSSR count). The second-order valence-electron chi connectivity index (χ2n) is 4.72. The van der Waals surface area contributed by atoms with Gasteiger partial charge in [-0.2, -0.15) is 9.06 Å². The van der Waals surface area contributed by atoms with Crippen molar-refractivity contribution >= 4 is 23.3 Å². The van der Waals surface area contributed by atoms with Gasteiger partial charge in [0.15, 0.2) is 10.4 Å². The largest absolute Gasteiger partial charge is 0.364 e. The molecule has 0 atom stereocenters. The van der Waals surface area contributed by atoms with Crippen LogP contribution < -0.4 is 10.4 Å². The highest BCUT2D eigenvalue weighted by Gasteiger charge is 2.15. The maximum atomic E-state index is 13.9. The number of nitrogens with two attached hydrogens (primary N) is 1. The first-order valence-corrected chi connectivity index (χ1v) is 7.63. The summed E-state index contributed by atoms with van der Waals surface area (Å²) in [5, 5.41) is 3.96. The van der Waals surface area contributed by atoms with Gasteiger partial charge in [-0.15, -0.1) is 5.10 Å². The Labute approximate surface area is 139 Å². The van der Waals surface area contributed by atoms with E-state index in [4.69, 9.17) is 5.73 Å². The molecule has 24 heavy (non-hydrogen) atoms. The fourth-order valence-electron chi connectivity index (χ4n) is 1.95. The third-order valence-corrected chi connectivity index (χ3v) is 3.99. The van der Waals surface area contributed by atoms with Gasteiger partial charge in [-0.3, -0.25) is 9.59 Å². The number of rotatable bonds is 3. The Morgan fingerprint density at radius 1 is 1.08 bits per heavy atom. The van der Waals surface area contributed by atoms with Crippen LogP contribution >= 0.6 is 11.5 Å². The molecule has 0 unspecified atom stereocenters. The zero-order chi connectivity index (χ0) is 17.1. The van der Waals surface area contributed by atoms with Crippen molar-refractivity contribution in [3.05, 3.63) is 76.3 Å². The summed E-state index contributed by atoms with van der Waals surface area (Å²) in [6.45, 7) is 0. The molecule has 6 nitrogen and oxygen atoms in total. The van der Waals surface area contributed by atoms with Crippen molar-refractivity contribution in [2.24, 2.45) is 10.7 Å². The van der Waals surface area contributed by atoms with Gasteiger partial charge in [0.2, 0.25) is 0 Å². The zero-order valence-electron chi connectivity index (χ0n) is 12.2. The average Bonchev–Trinajstić information content (AvgIpc) is 3.00. The average molecular weight is 342 g/mol. The van der Waals surface area contributed by atoms with E-state index in [1.165, 1.54) is 22.3 Å². The lowest BCUT2D eigenvalue weighted by Crippen LogP contribution is -2.21. The Bertz CT molecular complexity index is 979. The predicted molar refractivity (Wildman–Crippen MR) is 86.3 cm³/mol. The normalized spacial score (nSPS) is 11.5. The Balaban J connectivity index is 2.11. The molecule has 0 bridgehead atoms. The number of halogens is 1. The van der Waals surface area contributed by atoms with Gasteiger partial charge >= 0.3 is 0 Å². The molecule has 0 aliphatic heterocycles. The van der Waals surface area contributed by atoms with Crippen LogP contribution in [0.4, 0.5) is 4.39 Å². The van der Waals surface area contributed by atoms with E-state index in [1.54, 1.807) is 36.4 Å². The van der Waals surface area contributed by atoms with E-state index in [9.17, 15) is 14.0 Å². The first kappa shape index (κ1) is 15.8. The zero-order valence-corrected chi connectivity index (χ0v) is 13.0. The number of carbonyl (C=O) groups excluding carboxylic acids is 2. The monoisotopic (exact) mass is 342 g/mol. The summed E-state index contributed by atoms with van der Waals surface area (Å²) in [6.07, 6.45) is 0. The number of para-hydroxylation sites is 1. The van der Waals surface area contributed by atoms with E-state index in [0.29, 0.717) is 5.56 Å². The van der Waals surface area contributed by atoms with Crippen LogP contribution in [0.25, 0.3) is 5.69 Å². The van der Waals surface area contributed by atoms with Gasteiger partial charge < -0.3 is 5.73 Å². The second-order valence-corrected chi connectivity index (χ2v) is 5.63. The van der Waals surface area contributed by atoms with Gasteiger partial charge in [-0.1, -0.05) is 30.3 Å². The van der Waals surface area contributed by atoms with Crippen molar-refractivity contribution in [3.63, 3.8) is 0 Å². The van der Waals surface area contributed by atoms with Gasteiger partial charge in [-0.05, 0) is 35.8 Å². The topological polar surface area (TPSA) is 90.3 Å². The van der Waals surface area contributed by atoms with Crippen LogP contribution in [-0.4, -0.2) is 21.0 Å². The van der Waals surface area contributed by atoms with Crippen molar-refractivity contribution in [1.29, 1.82) is 0 Å². The molecule has 0 radical (unpaired) electrons. The van der Waals surface area contributed by atoms with Crippen LogP contribution in [-0.2, 0) is 0 Å². The molecule has 1 aromatic heterocycles. The number of hydrogen-bond donors (Lipinski definition) is 1. The van der Waals surface area contributed by atoms with E-state index < -0.39 is 17.6 Å². The van der Waals surface area contributed by atoms with Gasteiger partial charge in [0, 0.05) is 5.56 Å². The summed E-state index contributed by atoms with van der Waals surface area (Å²) in [5.41, 5.74) is 5.60. The van der Waals surface area contributed by atoms with Crippen LogP contribution in [0.2, 0.25) is 0 Å². The Hall–Kier alpha value is -3.13. The smallest absolute Gasteiger partial charge is 0.278 e. The summed E-state index contributed by atoms with van der Waals surface area (Å²) < 4.78 is 15.1. The van der Waals surface area contributed by atoms with E-state index in [0.717, 1.165) is 11.5 Å². The molecule has 0 saturated carbocycles. The Morgan fingerprint density at radius 2 is 1.75 bits per heavy atom. The predicted octanol–water partition coefficient (Wildman–Crippen LogP) is 1.91. The standard InChI is InChI=1S/C16H11FN4O2S/c17-11-8-4-5-9-12(11)21-20-13(14(18)22)16(24-21)19-15(23)10-6-2-1-3-7-10/h1-9H,(H2,18,22). The third kappa shape index (κ3) is 3.13. The minimum atomic E-state index is -0.846. The first-order valence-electron chi connectivity index (χ1n) is 6.86. The number of aromatic nitrogens is 2. The van der Waals surface area contributed by atoms with Crippen LogP contribution in [0.15, 0.2) is 59.6 Å². The van der Waals surface area contributed by atoms with Crippen molar-refractivity contribution in [3.8, 4) is 5.69 Å². The summed E-state index contributed by atoms with van der Waals surface area (Å²) in [6, 6.07) is 14.3. The van der Waals surface area contributed by atoms with Gasteiger partial charge in [0.05, 0.1) is 0 Å². The molecule has 3 aromatic rings. The maximum absolute atomic E-state index is 13.9. The first-order chi connectivity index (χ1) is 11.6. The van der Waals surface area contributed by atoms with Crippen LogP contribution in [0.3, 0.4) is 0 Å². The molecule has 8 heteroatoms. The van der Waals surface area contributed by atoms with E-state index in [-0.39, 0.29) is 16.1 Å². The van der Waals surface area contributed by atoms with Crippen LogP contribution in [0.1, 0.15) is 20.8 Å². The number of benzene rings is 2. The minimum absolute atomic E-state index is 0.0274. The van der Waals surface area contributed by atoms with Crippen LogP contribution in [0.5, 0.6) is 0 Å². The van der Waals surface area contributed by atoms with E-state index in [1.807, 2.05) is 0 Å². The maximum Gasteiger partial charge on any atom is 0.278 e. The summed E-state index contributed by atoms with van der Waals surface area (Å²) in [7, 11) is 0. The molecule has 0 spiro atoms. The molecule has 2 amide bonds. The molecule has 2 aromatic carbocycles. The van der Waals surface area contributed by atoms with E-state index >= 15 is 0 Å². The number of hydrogen-bond acceptors (Lipinski definition) is 4. The highest BCUT2D eigenvalue weighted by atomic mass is 32.1. The molecule has 0 aliphatic carbocycles. The van der Waals surface area contributed by atoms with Gasteiger partial charge in [0.1, 0.15) is 11.5 Å². The molecule has 0 saturated heterocycles. The number of nitrogens with zero attached hydrogens (tertiary/aromatic N) is 3. The van der Waals surface area contributed by atoms with Crippen molar-refractivity contribution in [2.75, 3.05) is 0 Å². The minimum Gasteiger partial charge on any atom is -0.364 e. The van der Waals surface area contributed by atoms with Crippen molar-refractivity contribution in [1.82, 2.24) is 9.17 Å². The summed E-state index contributed by atoms with van der Waals surface area (Å²) in [5.74, 6) is -1.91. The van der Waals surface area contributed by atoms with Gasteiger partial charge in [-0.25, -0.2) is 4.39 Å². The fraction of sp³-hybridized carbons (Fsp3) is 0.